The lowest BCUT2D eigenvalue weighted by Gasteiger charge is -2.03. The molecule has 0 aliphatic heterocycles. The van der Waals surface area contributed by atoms with Crippen LogP contribution in [0.2, 0.25) is 0 Å². The molecule has 0 bridgehead atoms. The average molecular weight is 339 g/mol. The third-order valence-corrected chi connectivity index (χ3v) is 4.57. The van der Waals surface area contributed by atoms with Crippen LogP contribution in [0.1, 0.15) is 50.7 Å². The zero-order valence-electron chi connectivity index (χ0n) is 14.3. The lowest BCUT2D eigenvalue weighted by molar-refractivity contribution is 0.821. The summed E-state index contributed by atoms with van der Waals surface area (Å²) < 4.78 is 2.98. The first-order chi connectivity index (χ1) is 11.5. The van der Waals surface area contributed by atoms with Crippen LogP contribution in [0, 0.1) is 0 Å². The van der Waals surface area contributed by atoms with E-state index in [4.69, 9.17) is 0 Å². The van der Waals surface area contributed by atoms with E-state index in [2.05, 4.69) is 53.8 Å². The minimum atomic E-state index is 0.506. The molecule has 0 fully saturated rings. The fourth-order valence-electron chi connectivity index (χ4n) is 2.21. The first kappa shape index (κ1) is 16.5. The number of hydrogen-bond donors (Lipinski definition) is 0. The van der Waals surface area contributed by atoms with Crippen LogP contribution in [0.25, 0.3) is 16.0 Å². The van der Waals surface area contributed by atoms with E-state index in [1.54, 1.807) is 22.0 Å². The summed E-state index contributed by atoms with van der Waals surface area (Å²) in [7, 11) is 0. The van der Waals surface area contributed by atoms with Gasteiger partial charge in [0.2, 0.25) is 0 Å². The Bertz CT molecular complexity index is 861. The van der Waals surface area contributed by atoms with Gasteiger partial charge in [-0.1, -0.05) is 27.7 Å². The quantitative estimate of drug-likeness (QED) is 0.532. The number of hydrogen-bond acceptors (Lipinski definition) is 5. The summed E-state index contributed by atoms with van der Waals surface area (Å²) in [5.41, 5.74) is 6.10. The molecule has 0 aliphatic carbocycles. The molecule has 124 valence electrons. The second-order valence-corrected chi connectivity index (χ2v) is 7.16. The van der Waals surface area contributed by atoms with Gasteiger partial charge in [0.15, 0.2) is 11.3 Å². The van der Waals surface area contributed by atoms with Crippen LogP contribution in [0.5, 0.6) is 0 Å². The van der Waals surface area contributed by atoms with Crippen LogP contribution >= 0.6 is 11.3 Å². The van der Waals surface area contributed by atoms with E-state index < -0.39 is 0 Å². The maximum absolute atomic E-state index is 4.26. The first-order valence-electron chi connectivity index (χ1n) is 8.03. The Balaban J connectivity index is 0.000000141. The molecule has 4 heterocycles. The molecule has 0 saturated heterocycles. The monoisotopic (exact) mass is 339 g/mol. The molecule has 0 atom stereocenters. The van der Waals surface area contributed by atoms with Crippen molar-refractivity contribution in [2.24, 2.45) is 0 Å². The molecule has 0 unspecified atom stereocenters. The predicted molar refractivity (Wildman–Crippen MR) is 98.6 cm³/mol. The van der Waals surface area contributed by atoms with E-state index in [1.807, 2.05) is 30.2 Å². The van der Waals surface area contributed by atoms with Gasteiger partial charge in [-0.2, -0.15) is 5.10 Å². The maximum Gasteiger partial charge on any atom is 0.170 e. The van der Waals surface area contributed by atoms with Gasteiger partial charge in [-0.05, 0) is 29.0 Å². The summed E-state index contributed by atoms with van der Waals surface area (Å²) in [4.78, 5) is 12.7. The molecular weight excluding hydrogens is 318 g/mol. The highest BCUT2D eigenvalue weighted by molar-refractivity contribution is 7.16. The van der Waals surface area contributed by atoms with Crippen LogP contribution < -0.4 is 0 Å². The number of nitrogens with zero attached hydrogens (tertiary/aromatic N) is 5. The number of fused-ring (bicyclic) bond motifs is 2. The molecule has 0 radical (unpaired) electrons. The van der Waals surface area contributed by atoms with Crippen LogP contribution in [0.4, 0.5) is 0 Å². The van der Waals surface area contributed by atoms with Crippen molar-refractivity contribution < 1.29 is 0 Å². The van der Waals surface area contributed by atoms with E-state index in [-0.39, 0.29) is 0 Å². The topological polar surface area (TPSA) is 56.0 Å². The molecule has 24 heavy (non-hydrogen) atoms. The minimum Gasteiger partial charge on any atom is -0.237 e. The van der Waals surface area contributed by atoms with Gasteiger partial charge >= 0.3 is 0 Å². The molecule has 4 aromatic rings. The highest BCUT2D eigenvalue weighted by Crippen LogP contribution is 2.21. The summed E-state index contributed by atoms with van der Waals surface area (Å²) in [6.07, 6.45) is 7.59. The van der Waals surface area contributed by atoms with Gasteiger partial charge in [0.1, 0.15) is 0 Å². The van der Waals surface area contributed by atoms with Crippen molar-refractivity contribution in [2.45, 2.75) is 39.5 Å². The van der Waals surface area contributed by atoms with E-state index in [9.17, 15) is 0 Å². The molecule has 0 spiro atoms. The highest BCUT2D eigenvalue weighted by Gasteiger charge is 2.03. The Morgan fingerprint density at radius 1 is 0.958 bits per heavy atom. The molecule has 6 heteroatoms. The normalized spacial score (nSPS) is 11.2. The molecule has 0 amide bonds. The van der Waals surface area contributed by atoms with Crippen LogP contribution in [0.3, 0.4) is 0 Å². The van der Waals surface area contributed by atoms with Crippen molar-refractivity contribution in [1.29, 1.82) is 0 Å². The SMILES string of the molecule is CC(C)c1cnc2ccnn2c1.CC(C)c1cnc2ncsc2c1. The zero-order chi connectivity index (χ0) is 17.1. The number of pyridine rings is 1. The smallest absolute Gasteiger partial charge is 0.170 e. The Labute approximate surface area is 145 Å². The summed E-state index contributed by atoms with van der Waals surface area (Å²) >= 11 is 1.65. The standard InChI is InChI=1S/C9H11N3.C9H10N2S/c1-7(2)8-5-10-9-3-4-11-12(9)6-8;1-6(2)7-3-8-9(10-4-7)11-5-12-8/h3-7H,1-2H3;3-6H,1-2H3. The van der Waals surface area contributed by atoms with Crippen molar-refractivity contribution in [3.05, 3.63) is 53.6 Å². The van der Waals surface area contributed by atoms with Gasteiger partial charge in [0.25, 0.3) is 0 Å². The maximum atomic E-state index is 4.26. The number of aromatic nitrogens is 5. The Morgan fingerprint density at radius 3 is 2.46 bits per heavy atom. The van der Waals surface area contributed by atoms with Crippen LogP contribution in [-0.4, -0.2) is 24.6 Å². The molecular formula is C18H21N5S. The van der Waals surface area contributed by atoms with Crippen molar-refractivity contribution in [1.82, 2.24) is 24.6 Å². The summed E-state index contributed by atoms with van der Waals surface area (Å²) in [5.74, 6) is 1.05. The molecule has 0 N–H and O–H groups in total. The van der Waals surface area contributed by atoms with Crippen molar-refractivity contribution in [3.63, 3.8) is 0 Å². The predicted octanol–water partition coefficient (Wildman–Crippen LogP) is 4.67. The van der Waals surface area contributed by atoms with Crippen LogP contribution in [-0.2, 0) is 0 Å². The summed E-state index contributed by atoms with van der Waals surface area (Å²) in [5, 5.41) is 4.12. The lowest BCUT2D eigenvalue weighted by Crippen LogP contribution is -1.95. The third kappa shape index (κ3) is 3.59. The molecule has 4 aromatic heterocycles. The number of thiazole rings is 1. The first-order valence-corrected chi connectivity index (χ1v) is 8.91. The molecule has 4 rings (SSSR count). The fourth-order valence-corrected chi connectivity index (χ4v) is 2.89. The van der Waals surface area contributed by atoms with Gasteiger partial charge in [0, 0.05) is 24.7 Å². The fraction of sp³-hybridized carbons (Fsp3) is 0.333. The largest absolute Gasteiger partial charge is 0.237 e. The van der Waals surface area contributed by atoms with Crippen molar-refractivity contribution >= 4 is 27.3 Å². The van der Waals surface area contributed by atoms with Crippen LogP contribution in [0.15, 0.2) is 42.4 Å². The van der Waals surface area contributed by atoms with E-state index in [0.29, 0.717) is 11.8 Å². The molecule has 0 aromatic carbocycles. The van der Waals surface area contributed by atoms with E-state index >= 15 is 0 Å². The second-order valence-electron chi connectivity index (χ2n) is 6.27. The number of rotatable bonds is 2. The molecule has 0 saturated carbocycles. The average Bonchev–Trinajstić information content (AvgIpc) is 3.22. The highest BCUT2D eigenvalue weighted by atomic mass is 32.1. The second kappa shape index (κ2) is 7.05. The van der Waals surface area contributed by atoms with Gasteiger partial charge in [-0.15, -0.1) is 11.3 Å². The van der Waals surface area contributed by atoms with Gasteiger partial charge in [-0.25, -0.2) is 19.5 Å². The Hall–Kier alpha value is -2.34. The van der Waals surface area contributed by atoms with Gasteiger partial charge < -0.3 is 0 Å². The summed E-state index contributed by atoms with van der Waals surface area (Å²) in [6, 6.07) is 4.06. The molecule has 5 nitrogen and oxygen atoms in total. The van der Waals surface area contributed by atoms with Gasteiger partial charge in [0.05, 0.1) is 16.4 Å². The van der Waals surface area contributed by atoms with Crippen molar-refractivity contribution in [3.8, 4) is 0 Å². The van der Waals surface area contributed by atoms with Gasteiger partial charge in [-0.3, -0.25) is 0 Å². The minimum absolute atomic E-state index is 0.506. The van der Waals surface area contributed by atoms with E-state index in [1.165, 1.54) is 15.8 Å². The zero-order valence-corrected chi connectivity index (χ0v) is 15.2. The van der Waals surface area contributed by atoms with E-state index in [0.717, 1.165) is 11.3 Å². The summed E-state index contributed by atoms with van der Waals surface area (Å²) in [6.45, 7) is 8.63. The Kier molecular flexibility index (Phi) is 4.85. The third-order valence-electron chi connectivity index (χ3n) is 3.81. The lowest BCUT2D eigenvalue weighted by atomic mass is 10.1. The Morgan fingerprint density at radius 2 is 1.71 bits per heavy atom. The van der Waals surface area contributed by atoms with Crippen molar-refractivity contribution in [2.75, 3.05) is 0 Å². The molecule has 0 aliphatic rings.